The number of halogens is 1. The number of likely N-dealkylation sites (tertiary alicyclic amines) is 1. The first-order chi connectivity index (χ1) is 14.1. The Balaban J connectivity index is 1.48. The van der Waals surface area contributed by atoms with Crippen LogP contribution in [-0.2, 0) is 17.8 Å². The summed E-state index contributed by atoms with van der Waals surface area (Å²) in [5.41, 5.74) is 8.64. The van der Waals surface area contributed by atoms with E-state index in [2.05, 4.69) is 15.1 Å². The van der Waals surface area contributed by atoms with E-state index in [0.29, 0.717) is 37.4 Å². The molecule has 1 fully saturated rings. The molecule has 3 heterocycles. The Morgan fingerprint density at radius 3 is 2.93 bits per heavy atom. The van der Waals surface area contributed by atoms with Crippen LogP contribution < -0.4 is 10.5 Å². The summed E-state index contributed by atoms with van der Waals surface area (Å²) in [4.78, 5) is 23.4. The van der Waals surface area contributed by atoms with Crippen LogP contribution in [0.4, 0.5) is 4.39 Å². The molecule has 0 bridgehead atoms. The highest BCUT2D eigenvalue weighted by molar-refractivity contribution is 5.80. The fraction of sp³-hybridized carbons (Fsp3) is 0.400. The smallest absolute Gasteiger partial charge is 0.227 e. The fourth-order valence-electron chi connectivity index (χ4n) is 3.79. The van der Waals surface area contributed by atoms with Gasteiger partial charge in [-0.3, -0.25) is 4.79 Å². The van der Waals surface area contributed by atoms with Crippen LogP contribution in [0, 0.1) is 5.82 Å². The van der Waals surface area contributed by atoms with Crippen LogP contribution in [-0.4, -0.2) is 57.3 Å². The molecule has 9 heteroatoms. The van der Waals surface area contributed by atoms with Crippen molar-refractivity contribution in [3.8, 4) is 5.75 Å². The molecule has 152 valence electrons. The third kappa shape index (κ3) is 3.77. The summed E-state index contributed by atoms with van der Waals surface area (Å²) in [6.07, 6.45) is 4.24. The van der Waals surface area contributed by atoms with E-state index >= 15 is 0 Å². The molecule has 8 nitrogen and oxygen atoms in total. The molecule has 1 atom stereocenters. The normalized spacial score (nSPS) is 16.5. The largest absolute Gasteiger partial charge is 0.494 e. The minimum absolute atomic E-state index is 0.0335. The van der Waals surface area contributed by atoms with Crippen molar-refractivity contribution in [2.75, 3.05) is 26.7 Å². The van der Waals surface area contributed by atoms with Gasteiger partial charge >= 0.3 is 0 Å². The third-order valence-electron chi connectivity index (χ3n) is 5.23. The summed E-state index contributed by atoms with van der Waals surface area (Å²) in [5, 5.41) is 4.68. The van der Waals surface area contributed by atoms with Gasteiger partial charge in [0.1, 0.15) is 5.52 Å². The molecule has 0 spiro atoms. The SMILES string of the molecule is COc1ccc(CC(=O)N2CC[C@H](c3nn(CCN)c4nccnc34)C2)cc1F. The number of carbonyl (C=O) groups is 1. The highest BCUT2D eigenvalue weighted by Crippen LogP contribution is 2.30. The molecule has 0 saturated carbocycles. The van der Waals surface area contributed by atoms with Gasteiger partial charge in [0.25, 0.3) is 0 Å². The van der Waals surface area contributed by atoms with Crippen LogP contribution in [0.3, 0.4) is 0 Å². The lowest BCUT2D eigenvalue weighted by atomic mass is 10.0. The number of hydrogen-bond acceptors (Lipinski definition) is 6. The number of rotatable bonds is 6. The van der Waals surface area contributed by atoms with Crippen LogP contribution in [0.1, 0.15) is 23.6 Å². The number of ether oxygens (including phenoxy) is 1. The number of hydrogen-bond donors (Lipinski definition) is 1. The molecule has 1 aromatic carbocycles. The Morgan fingerprint density at radius 2 is 2.17 bits per heavy atom. The van der Waals surface area contributed by atoms with Gasteiger partial charge < -0.3 is 15.4 Å². The zero-order chi connectivity index (χ0) is 20.4. The molecule has 4 rings (SSSR count). The molecule has 3 aromatic rings. The average molecular weight is 398 g/mol. The Morgan fingerprint density at radius 1 is 1.34 bits per heavy atom. The van der Waals surface area contributed by atoms with Gasteiger partial charge in [-0.25, -0.2) is 19.0 Å². The second-order valence-corrected chi connectivity index (χ2v) is 7.10. The number of nitrogens with two attached hydrogens (primary N) is 1. The lowest BCUT2D eigenvalue weighted by molar-refractivity contribution is -0.129. The van der Waals surface area contributed by atoms with Gasteiger partial charge in [0, 0.05) is 37.9 Å². The summed E-state index contributed by atoms with van der Waals surface area (Å²) in [6.45, 7) is 2.21. The molecule has 29 heavy (non-hydrogen) atoms. The lowest BCUT2D eigenvalue weighted by Crippen LogP contribution is -2.30. The maximum absolute atomic E-state index is 13.9. The number of aromatic nitrogens is 4. The zero-order valence-electron chi connectivity index (χ0n) is 16.2. The van der Waals surface area contributed by atoms with Gasteiger partial charge in [-0.1, -0.05) is 6.07 Å². The van der Waals surface area contributed by atoms with E-state index in [1.807, 2.05) is 0 Å². The first-order valence-electron chi connectivity index (χ1n) is 9.58. The van der Waals surface area contributed by atoms with Crippen LogP contribution >= 0.6 is 0 Å². The molecule has 1 saturated heterocycles. The molecule has 1 amide bonds. The molecular formula is C20H23FN6O2. The van der Waals surface area contributed by atoms with Gasteiger partial charge in [-0.2, -0.15) is 5.10 Å². The topological polar surface area (TPSA) is 99.2 Å². The summed E-state index contributed by atoms with van der Waals surface area (Å²) < 4.78 is 20.6. The highest BCUT2D eigenvalue weighted by Gasteiger charge is 2.31. The predicted octanol–water partition coefficient (Wildman–Crippen LogP) is 1.49. The van der Waals surface area contributed by atoms with Crippen molar-refractivity contribution >= 4 is 17.1 Å². The molecule has 1 aliphatic rings. The minimum atomic E-state index is -0.465. The Bertz CT molecular complexity index is 1040. The van der Waals surface area contributed by atoms with Gasteiger partial charge in [-0.05, 0) is 24.1 Å². The minimum Gasteiger partial charge on any atom is -0.494 e. The molecule has 2 N–H and O–H groups in total. The molecule has 0 unspecified atom stereocenters. The number of methoxy groups -OCH3 is 1. The van der Waals surface area contributed by atoms with Gasteiger partial charge in [-0.15, -0.1) is 0 Å². The highest BCUT2D eigenvalue weighted by atomic mass is 19.1. The first kappa shape index (κ1) is 19.3. The number of nitrogens with zero attached hydrogens (tertiary/aromatic N) is 5. The van der Waals surface area contributed by atoms with Crippen LogP contribution in [0.5, 0.6) is 5.75 Å². The lowest BCUT2D eigenvalue weighted by Gasteiger charge is -2.16. The van der Waals surface area contributed by atoms with Gasteiger partial charge in [0.05, 0.1) is 25.8 Å². The second-order valence-electron chi connectivity index (χ2n) is 7.10. The number of amides is 1. The third-order valence-corrected chi connectivity index (χ3v) is 5.23. The fourth-order valence-corrected chi connectivity index (χ4v) is 3.79. The monoisotopic (exact) mass is 398 g/mol. The van der Waals surface area contributed by atoms with E-state index in [1.165, 1.54) is 13.2 Å². The van der Waals surface area contributed by atoms with Crippen molar-refractivity contribution in [1.82, 2.24) is 24.6 Å². The molecular weight excluding hydrogens is 375 g/mol. The summed E-state index contributed by atoms with van der Waals surface area (Å²) >= 11 is 0. The molecule has 1 aliphatic heterocycles. The maximum Gasteiger partial charge on any atom is 0.227 e. The summed E-state index contributed by atoms with van der Waals surface area (Å²) in [5.74, 6) is -0.241. The zero-order valence-corrected chi connectivity index (χ0v) is 16.2. The van der Waals surface area contributed by atoms with E-state index in [1.54, 1.807) is 34.1 Å². The number of fused-ring (bicyclic) bond motifs is 1. The Hall–Kier alpha value is -3.07. The van der Waals surface area contributed by atoms with Crippen LogP contribution in [0.2, 0.25) is 0 Å². The van der Waals surface area contributed by atoms with Gasteiger partial charge in [0.2, 0.25) is 5.91 Å². The Kier molecular flexibility index (Phi) is 5.39. The van der Waals surface area contributed by atoms with Crippen molar-refractivity contribution in [3.05, 3.63) is 47.7 Å². The van der Waals surface area contributed by atoms with Crippen LogP contribution in [0.25, 0.3) is 11.2 Å². The molecule has 2 aromatic heterocycles. The number of benzene rings is 1. The second kappa shape index (κ2) is 8.12. The van der Waals surface area contributed by atoms with Crippen molar-refractivity contribution < 1.29 is 13.9 Å². The summed E-state index contributed by atoms with van der Waals surface area (Å²) in [6, 6.07) is 4.60. The van der Waals surface area contributed by atoms with Gasteiger partial charge in [0.15, 0.2) is 17.2 Å². The average Bonchev–Trinajstić information content (AvgIpc) is 3.34. The van der Waals surface area contributed by atoms with E-state index in [0.717, 1.165) is 17.6 Å². The summed E-state index contributed by atoms with van der Waals surface area (Å²) in [7, 11) is 1.41. The van der Waals surface area contributed by atoms with E-state index in [9.17, 15) is 9.18 Å². The molecule has 0 aliphatic carbocycles. The van der Waals surface area contributed by atoms with E-state index in [4.69, 9.17) is 10.5 Å². The van der Waals surface area contributed by atoms with Crippen molar-refractivity contribution in [2.45, 2.75) is 25.3 Å². The predicted molar refractivity (Wildman–Crippen MR) is 105 cm³/mol. The maximum atomic E-state index is 13.9. The first-order valence-corrected chi connectivity index (χ1v) is 9.58. The number of carbonyl (C=O) groups excluding carboxylic acids is 1. The van der Waals surface area contributed by atoms with E-state index < -0.39 is 5.82 Å². The molecule has 0 radical (unpaired) electrons. The Labute approximate surface area is 167 Å². The quantitative estimate of drug-likeness (QED) is 0.675. The standard InChI is InChI=1S/C20H23FN6O2/c1-29-16-3-2-13(10-15(16)21)11-17(28)26-8-4-14(12-26)18-19-20(24-7-6-23-19)27(25-18)9-5-22/h2-3,6-7,10,14H,4-5,8-9,11-12,22H2,1H3/t14-/m0/s1. The van der Waals surface area contributed by atoms with E-state index in [-0.39, 0.29) is 24.0 Å². The van der Waals surface area contributed by atoms with Crippen molar-refractivity contribution in [1.29, 1.82) is 0 Å². The van der Waals surface area contributed by atoms with Crippen molar-refractivity contribution in [2.24, 2.45) is 5.73 Å². The van der Waals surface area contributed by atoms with Crippen molar-refractivity contribution in [3.63, 3.8) is 0 Å². The van der Waals surface area contributed by atoms with Crippen LogP contribution in [0.15, 0.2) is 30.6 Å².